The van der Waals surface area contributed by atoms with Crippen molar-refractivity contribution in [3.8, 4) is 0 Å². The monoisotopic (exact) mass is 291 g/mol. The summed E-state index contributed by atoms with van der Waals surface area (Å²) in [6.45, 7) is 0.292. The molecule has 2 fully saturated rings. The lowest BCUT2D eigenvalue weighted by atomic mass is 9.86. The standard InChI is InChI=1S/C16H21NO4/c1-20-16(10-6-5-9-14(16)18)17-13(11-21-15(17)19)12-7-3-2-4-8-12/h2-4,7-8,13-14,18H,5-6,9-11H2,1H3/t13-,14+,16-/m0/s1. The van der Waals surface area contributed by atoms with Crippen molar-refractivity contribution >= 4 is 6.09 Å². The van der Waals surface area contributed by atoms with E-state index in [2.05, 4.69) is 0 Å². The molecule has 2 aliphatic rings. The van der Waals surface area contributed by atoms with Crippen LogP contribution in [-0.2, 0) is 9.47 Å². The maximum atomic E-state index is 12.3. The van der Waals surface area contributed by atoms with Crippen LogP contribution in [0.3, 0.4) is 0 Å². The van der Waals surface area contributed by atoms with Crippen molar-refractivity contribution in [1.82, 2.24) is 4.90 Å². The topological polar surface area (TPSA) is 59.0 Å². The predicted octanol–water partition coefficient (Wildman–Crippen LogP) is 2.46. The van der Waals surface area contributed by atoms with Crippen LogP contribution in [0.25, 0.3) is 0 Å². The van der Waals surface area contributed by atoms with E-state index >= 15 is 0 Å². The van der Waals surface area contributed by atoms with Crippen molar-refractivity contribution in [3.63, 3.8) is 0 Å². The Balaban J connectivity index is 1.98. The SMILES string of the molecule is CO[C@@]1(N2C(=O)OC[C@H]2c2ccccc2)CCCC[C@H]1O. The summed E-state index contributed by atoms with van der Waals surface area (Å²) in [6.07, 6.45) is 2.05. The van der Waals surface area contributed by atoms with E-state index in [1.165, 1.54) is 0 Å². The molecule has 0 unspecified atom stereocenters. The maximum absolute atomic E-state index is 12.3. The Morgan fingerprint density at radius 3 is 2.76 bits per heavy atom. The van der Waals surface area contributed by atoms with E-state index in [0.717, 1.165) is 18.4 Å². The summed E-state index contributed by atoms with van der Waals surface area (Å²) in [4.78, 5) is 13.9. The van der Waals surface area contributed by atoms with E-state index < -0.39 is 17.9 Å². The third-order valence-electron chi connectivity index (χ3n) is 4.60. The highest BCUT2D eigenvalue weighted by molar-refractivity contribution is 5.71. The van der Waals surface area contributed by atoms with Crippen LogP contribution in [0.15, 0.2) is 30.3 Å². The van der Waals surface area contributed by atoms with Crippen LogP contribution in [0.1, 0.15) is 37.3 Å². The summed E-state index contributed by atoms with van der Waals surface area (Å²) in [5.74, 6) is 0. The van der Waals surface area contributed by atoms with Gasteiger partial charge in [-0.2, -0.15) is 0 Å². The molecule has 0 bridgehead atoms. The normalized spacial score (nSPS) is 33.0. The third-order valence-corrected chi connectivity index (χ3v) is 4.60. The van der Waals surface area contributed by atoms with Crippen molar-refractivity contribution in [2.24, 2.45) is 0 Å². The first-order valence-corrected chi connectivity index (χ1v) is 7.43. The number of hydrogen-bond donors (Lipinski definition) is 1. The number of benzene rings is 1. The Labute approximate surface area is 124 Å². The second-order valence-electron chi connectivity index (χ2n) is 5.68. The zero-order valence-corrected chi connectivity index (χ0v) is 12.2. The summed E-state index contributed by atoms with van der Waals surface area (Å²) < 4.78 is 10.9. The quantitative estimate of drug-likeness (QED) is 0.929. The molecule has 3 atom stereocenters. The Hall–Kier alpha value is -1.59. The lowest BCUT2D eigenvalue weighted by Gasteiger charge is -2.47. The van der Waals surface area contributed by atoms with Crippen molar-refractivity contribution in [2.45, 2.75) is 43.6 Å². The zero-order chi connectivity index (χ0) is 14.9. The molecule has 21 heavy (non-hydrogen) atoms. The summed E-state index contributed by atoms with van der Waals surface area (Å²) in [5.41, 5.74) is 0.0179. The van der Waals surface area contributed by atoms with Crippen molar-refractivity contribution in [2.75, 3.05) is 13.7 Å². The highest BCUT2D eigenvalue weighted by Crippen LogP contribution is 2.42. The minimum atomic E-state index is -0.980. The number of ether oxygens (including phenoxy) is 2. The van der Waals surface area contributed by atoms with Gasteiger partial charge < -0.3 is 14.6 Å². The summed E-state index contributed by atoms with van der Waals surface area (Å²) in [6, 6.07) is 9.54. The third kappa shape index (κ3) is 2.30. The molecule has 3 rings (SSSR count). The van der Waals surface area contributed by atoms with E-state index in [1.54, 1.807) is 12.0 Å². The van der Waals surface area contributed by atoms with Gasteiger partial charge in [0, 0.05) is 7.11 Å². The van der Waals surface area contributed by atoms with Crippen LogP contribution in [0.5, 0.6) is 0 Å². The molecule has 1 aromatic rings. The summed E-state index contributed by atoms with van der Waals surface area (Å²) in [5, 5.41) is 10.5. The minimum absolute atomic E-state index is 0.216. The van der Waals surface area contributed by atoms with E-state index in [9.17, 15) is 9.90 Å². The molecule has 1 saturated carbocycles. The van der Waals surface area contributed by atoms with Gasteiger partial charge in [-0.3, -0.25) is 4.90 Å². The molecule has 1 heterocycles. The molecule has 0 radical (unpaired) electrons. The van der Waals surface area contributed by atoms with Gasteiger partial charge >= 0.3 is 6.09 Å². The van der Waals surface area contributed by atoms with E-state index in [0.29, 0.717) is 19.4 Å². The highest BCUT2D eigenvalue weighted by Gasteiger charge is 2.53. The number of carbonyl (C=O) groups is 1. The Morgan fingerprint density at radius 2 is 2.10 bits per heavy atom. The van der Waals surface area contributed by atoms with Gasteiger partial charge in [0.2, 0.25) is 0 Å². The maximum Gasteiger partial charge on any atom is 0.412 e. The Morgan fingerprint density at radius 1 is 1.33 bits per heavy atom. The van der Waals surface area contributed by atoms with Crippen molar-refractivity contribution in [1.29, 1.82) is 0 Å². The number of amides is 1. The van der Waals surface area contributed by atoms with E-state index in [-0.39, 0.29) is 6.04 Å². The first-order chi connectivity index (χ1) is 10.2. The second kappa shape index (κ2) is 5.66. The number of hydrogen-bond acceptors (Lipinski definition) is 4. The van der Waals surface area contributed by atoms with E-state index in [4.69, 9.17) is 9.47 Å². The number of carbonyl (C=O) groups excluding carboxylic acids is 1. The van der Waals surface area contributed by atoms with E-state index in [1.807, 2.05) is 30.3 Å². The molecule has 0 aromatic heterocycles. The second-order valence-corrected chi connectivity index (χ2v) is 5.68. The molecular weight excluding hydrogens is 270 g/mol. The minimum Gasteiger partial charge on any atom is -0.447 e. The molecule has 5 heteroatoms. The summed E-state index contributed by atoms with van der Waals surface area (Å²) in [7, 11) is 1.56. The average Bonchev–Trinajstić information content (AvgIpc) is 2.91. The summed E-state index contributed by atoms with van der Waals surface area (Å²) >= 11 is 0. The fourth-order valence-corrected chi connectivity index (χ4v) is 3.49. The number of aliphatic hydroxyl groups is 1. The lowest BCUT2D eigenvalue weighted by molar-refractivity contribution is -0.203. The molecule has 1 saturated heterocycles. The average molecular weight is 291 g/mol. The van der Waals surface area contributed by atoms with Gasteiger partial charge in [0.25, 0.3) is 0 Å². The molecule has 1 aromatic carbocycles. The van der Waals surface area contributed by atoms with Crippen molar-refractivity contribution < 1.29 is 19.4 Å². The van der Waals surface area contributed by atoms with Crippen LogP contribution in [-0.4, -0.2) is 41.6 Å². The van der Waals surface area contributed by atoms with Crippen LogP contribution < -0.4 is 0 Å². The van der Waals surface area contributed by atoms with Crippen LogP contribution in [0.4, 0.5) is 4.79 Å². The fraction of sp³-hybridized carbons (Fsp3) is 0.562. The molecule has 1 aliphatic carbocycles. The first-order valence-electron chi connectivity index (χ1n) is 7.43. The number of aliphatic hydroxyl groups excluding tert-OH is 1. The molecule has 5 nitrogen and oxygen atoms in total. The molecule has 1 N–H and O–H groups in total. The number of rotatable bonds is 3. The number of cyclic esters (lactones) is 1. The van der Waals surface area contributed by atoms with Crippen LogP contribution >= 0.6 is 0 Å². The lowest BCUT2D eigenvalue weighted by Crippen LogP contribution is -2.60. The smallest absolute Gasteiger partial charge is 0.412 e. The van der Waals surface area contributed by atoms with Gasteiger partial charge in [-0.15, -0.1) is 0 Å². The van der Waals surface area contributed by atoms with Crippen LogP contribution in [0, 0.1) is 0 Å². The molecule has 1 amide bonds. The molecule has 114 valence electrons. The molecule has 1 aliphatic heterocycles. The van der Waals surface area contributed by atoms with Gasteiger partial charge in [0.15, 0.2) is 5.72 Å². The largest absolute Gasteiger partial charge is 0.447 e. The van der Waals surface area contributed by atoms with Gasteiger partial charge in [-0.1, -0.05) is 36.8 Å². The Bertz CT molecular complexity index is 506. The van der Waals surface area contributed by atoms with Gasteiger partial charge in [0.1, 0.15) is 12.7 Å². The molecular formula is C16H21NO4. The number of nitrogens with zero attached hydrogens (tertiary/aromatic N) is 1. The molecule has 0 spiro atoms. The van der Waals surface area contributed by atoms with Gasteiger partial charge in [0.05, 0.1) is 6.04 Å². The van der Waals surface area contributed by atoms with Crippen molar-refractivity contribution in [3.05, 3.63) is 35.9 Å². The van der Waals surface area contributed by atoms with Gasteiger partial charge in [-0.05, 0) is 24.8 Å². The number of methoxy groups -OCH3 is 1. The fourth-order valence-electron chi connectivity index (χ4n) is 3.49. The Kier molecular flexibility index (Phi) is 3.87. The predicted molar refractivity (Wildman–Crippen MR) is 76.6 cm³/mol. The van der Waals surface area contributed by atoms with Gasteiger partial charge in [-0.25, -0.2) is 4.79 Å². The van der Waals surface area contributed by atoms with Crippen LogP contribution in [0.2, 0.25) is 0 Å². The zero-order valence-electron chi connectivity index (χ0n) is 12.2. The highest BCUT2D eigenvalue weighted by atomic mass is 16.6. The first kappa shape index (κ1) is 14.4.